The van der Waals surface area contributed by atoms with Gasteiger partial charge in [-0.1, -0.05) is 11.6 Å². The first kappa shape index (κ1) is 14.8. The van der Waals surface area contributed by atoms with Crippen molar-refractivity contribution in [3.63, 3.8) is 0 Å². The third-order valence-electron chi connectivity index (χ3n) is 2.88. The number of fused-ring (bicyclic) bond motifs is 1. The Hall–Kier alpha value is -1.56. The van der Waals surface area contributed by atoms with E-state index < -0.39 is 30.3 Å². The maximum Gasteiger partial charge on any atom is 0.303 e. The van der Waals surface area contributed by atoms with E-state index in [9.17, 15) is 13.6 Å². The second kappa shape index (κ2) is 5.83. The normalized spacial score (nSPS) is 14.8. The number of benzene rings is 1. The number of hydrogen-bond acceptors (Lipinski definition) is 3. The largest absolute Gasteiger partial charge is 0.490 e. The van der Waals surface area contributed by atoms with Gasteiger partial charge in [0.25, 0.3) is 5.92 Å². The highest BCUT2D eigenvalue weighted by Crippen LogP contribution is 2.43. The molecule has 1 N–H and O–H groups in total. The highest BCUT2D eigenvalue weighted by molar-refractivity contribution is 6.31. The molecule has 1 aliphatic rings. The van der Waals surface area contributed by atoms with Crippen molar-refractivity contribution in [2.45, 2.75) is 25.2 Å². The van der Waals surface area contributed by atoms with E-state index in [1.54, 1.807) is 0 Å². The maximum atomic E-state index is 14.0. The van der Waals surface area contributed by atoms with Gasteiger partial charge in [0.1, 0.15) is 0 Å². The number of carboxylic acid groups (broad SMARTS) is 1. The summed E-state index contributed by atoms with van der Waals surface area (Å²) in [5, 5.41) is 8.35. The average Bonchev–Trinajstić information content (AvgIpc) is 2.60. The standard InChI is InChI=1S/C13H13ClF2O4/c14-9-7-11-10(19-4-1-5-20-11)6-8(9)13(15,16)3-2-12(17)18/h6-7H,1-5H2,(H,17,18). The Morgan fingerprint density at radius 3 is 2.50 bits per heavy atom. The van der Waals surface area contributed by atoms with Crippen LogP contribution in [0.5, 0.6) is 11.5 Å². The lowest BCUT2D eigenvalue weighted by molar-refractivity contribution is -0.139. The van der Waals surface area contributed by atoms with Crippen LogP contribution in [-0.4, -0.2) is 24.3 Å². The Bertz CT molecular complexity index is 519. The van der Waals surface area contributed by atoms with Gasteiger partial charge in [-0.2, -0.15) is 0 Å². The van der Waals surface area contributed by atoms with Gasteiger partial charge in [0.05, 0.1) is 24.7 Å². The number of alkyl halides is 2. The molecule has 0 fully saturated rings. The van der Waals surface area contributed by atoms with Crippen molar-refractivity contribution in [1.82, 2.24) is 0 Å². The number of ether oxygens (including phenoxy) is 2. The smallest absolute Gasteiger partial charge is 0.303 e. The lowest BCUT2D eigenvalue weighted by Crippen LogP contribution is -2.16. The molecule has 4 nitrogen and oxygen atoms in total. The Kier molecular flexibility index (Phi) is 4.32. The summed E-state index contributed by atoms with van der Waals surface area (Å²) in [6, 6.07) is 2.41. The topological polar surface area (TPSA) is 55.8 Å². The fraction of sp³-hybridized carbons (Fsp3) is 0.462. The second-order valence-electron chi connectivity index (χ2n) is 4.43. The number of halogens is 3. The monoisotopic (exact) mass is 306 g/mol. The molecule has 0 spiro atoms. The highest BCUT2D eigenvalue weighted by Gasteiger charge is 2.35. The molecule has 1 aromatic rings. The van der Waals surface area contributed by atoms with Gasteiger partial charge in [-0.25, -0.2) is 8.78 Å². The lowest BCUT2D eigenvalue weighted by Gasteiger charge is -2.19. The maximum absolute atomic E-state index is 14.0. The average molecular weight is 307 g/mol. The van der Waals surface area contributed by atoms with Crippen LogP contribution in [0.4, 0.5) is 8.78 Å². The van der Waals surface area contributed by atoms with Crippen LogP contribution in [-0.2, 0) is 10.7 Å². The van der Waals surface area contributed by atoms with E-state index in [1.807, 2.05) is 0 Å². The van der Waals surface area contributed by atoms with Gasteiger partial charge in [-0.3, -0.25) is 4.79 Å². The molecule has 2 rings (SSSR count). The summed E-state index contributed by atoms with van der Waals surface area (Å²) in [6.07, 6.45) is -0.809. The third-order valence-corrected chi connectivity index (χ3v) is 3.20. The molecule has 0 radical (unpaired) electrons. The summed E-state index contributed by atoms with van der Waals surface area (Å²) in [6.45, 7) is 0.798. The van der Waals surface area contributed by atoms with E-state index >= 15 is 0 Å². The molecule has 0 aliphatic carbocycles. The van der Waals surface area contributed by atoms with Crippen LogP contribution >= 0.6 is 11.6 Å². The summed E-state index contributed by atoms with van der Waals surface area (Å²) in [5.74, 6) is -4.09. The number of rotatable bonds is 4. The van der Waals surface area contributed by atoms with Crippen LogP contribution in [0.3, 0.4) is 0 Å². The van der Waals surface area contributed by atoms with Crippen molar-refractivity contribution in [2.24, 2.45) is 0 Å². The van der Waals surface area contributed by atoms with Crippen LogP contribution in [0.1, 0.15) is 24.8 Å². The van der Waals surface area contributed by atoms with Crippen molar-refractivity contribution >= 4 is 17.6 Å². The van der Waals surface area contributed by atoms with E-state index in [0.717, 1.165) is 6.07 Å². The third kappa shape index (κ3) is 3.30. The molecular weight excluding hydrogens is 294 g/mol. The second-order valence-corrected chi connectivity index (χ2v) is 4.83. The van der Waals surface area contributed by atoms with Gasteiger partial charge >= 0.3 is 5.97 Å². The molecule has 0 atom stereocenters. The molecule has 20 heavy (non-hydrogen) atoms. The molecule has 1 aliphatic heterocycles. The molecule has 110 valence electrons. The predicted molar refractivity (Wildman–Crippen MR) is 67.8 cm³/mol. The van der Waals surface area contributed by atoms with Gasteiger partial charge in [-0.05, 0) is 6.07 Å². The van der Waals surface area contributed by atoms with Gasteiger partial charge in [0.2, 0.25) is 0 Å². The molecular formula is C13H13ClF2O4. The van der Waals surface area contributed by atoms with E-state index in [0.29, 0.717) is 25.4 Å². The van der Waals surface area contributed by atoms with Crippen molar-refractivity contribution in [3.8, 4) is 11.5 Å². The van der Waals surface area contributed by atoms with E-state index in [2.05, 4.69) is 0 Å². The zero-order valence-corrected chi connectivity index (χ0v) is 11.3. The number of carbonyl (C=O) groups is 1. The molecule has 0 saturated heterocycles. The minimum absolute atomic E-state index is 0.162. The first-order valence-electron chi connectivity index (χ1n) is 6.09. The van der Waals surface area contributed by atoms with Crippen molar-refractivity contribution in [3.05, 3.63) is 22.7 Å². The molecule has 0 saturated carbocycles. The summed E-state index contributed by atoms with van der Waals surface area (Å²) >= 11 is 5.85. The van der Waals surface area contributed by atoms with Gasteiger partial charge in [-0.15, -0.1) is 0 Å². The number of carboxylic acids is 1. The summed E-state index contributed by atoms with van der Waals surface area (Å²) in [5.41, 5.74) is -0.440. The summed E-state index contributed by atoms with van der Waals surface area (Å²) in [4.78, 5) is 10.4. The molecule has 7 heteroatoms. The van der Waals surface area contributed by atoms with E-state index in [-0.39, 0.29) is 10.8 Å². The molecule has 1 aromatic carbocycles. The Labute approximate surface area is 119 Å². The Morgan fingerprint density at radius 2 is 1.90 bits per heavy atom. The Balaban J connectivity index is 2.31. The molecule has 0 amide bonds. The molecule has 1 heterocycles. The summed E-state index contributed by atoms with van der Waals surface area (Å²) in [7, 11) is 0. The zero-order chi connectivity index (χ0) is 14.8. The lowest BCUT2D eigenvalue weighted by atomic mass is 10.0. The molecule has 0 bridgehead atoms. The first-order valence-corrected chi connectivity index (χ1v) is 6.47. The van der Waals surface area contributed by atoms with Gasteiger partial charge < -0.3 is 14.6 Å². The predicted octanol–water partition coefficient (Wildman–Crippen LogP) is 3.46. The minimum Gasteiger partial charge on any atom is -0.490 e. The quantitative estimate of drug-likeness (QED) is 0.925. The Morgan fingerprint density at radius 1 is 1.30 bits per heavy atom. The molecule has 0 aromatic heterocycles. The van der Waals surface area contributed by atoms with Crippen LogP contribution < -0.4 is 9.47 Å². The fourth-order valence-electron chi connectivity index (χ4n) is 1.86. The zero-order valence-electron chi connectivity index (χ0n) is 10.5. The van der Waals surface area contributed by atoms with Crippen molar-refractivity contribution in [1.29, 1.82) is 0 Å². The van der Waals surface area contributed by atoms with Crippen molar-refractivity contribution < 1.29 is 28.2 Å². The summed E-state index contributed by atoms with van der Waals surface area (Å²) < 4.78 is 38.7. The number of aliphatic carboxylic acids is 1. The van der Waals surface area contributed by atoms with Crippen LogP contribution in [0, 0.1) is 0 Å². The van der Waals surface area contributed by atoms with Crippen LogP contribution in [0.15, 0.2) is 12.1 Å². The fourth-order valence-corrected chi connectivity index (χ4v) is 2.15. The SMILES string of the molecule is O=C(O)CCC(F)(F)c1cc2c(cc1Cl)OCCCO2. The van der Waals surface area contributed by atoms with E-state index in [1.165, 1.54) is 6.07 Å². The van der Waals surface area contributed by atoms with E-state index in [4.69, 9.17) is 26.2 Å². The van der Waals surface area contributed by atoms with Crippen LogP contribution in [0.25, 0.3) is 0 Å². The molecule has 0 unspecified atom stereocenters. The van der Waals surface area contributed by atoms with Crippen LogP contribution in [0.2, 0.25) is 5.02 Å². The number of hydrogen-bond donors (Lipinski definition) is 1. The first-order chi connectivity index (χ1) is 9.40. The highest BCUT2D eigenvalue weighted by atomic mass is 35.5. The van der Waals surface area contributed by atoms with Gasteiger partial charge in [0, 0.05) is 24.5 Å². The minimum atomic E-state index is -3.33. The van der Waals surface area contributed by atoms with Crippen molar-refractivity contribution in [2.75, 3.05) is 13.2 Å². The van der Waals surface area contributed by atoms with Gasteiger partial charge in [0.15, 0.2) is 11.5 Å².